The Morgan fingerprint density at radius 1 is 1.26 bits per heavy atom. The first-order valence-electron chi connectivity index (χ1n) is 9.25. The zero-order chi connectivity index (χ0) is 18.8. The van der Waals surface area contributed by atoms with Gasteiger partial charge in [-0.05, 0) is 24.3 Å². The van der Waals surface area contributed by atoms with Crippen LogP contribution in [0, 0.1) is 0 Å². The number of nitrogens with zero attached hydrogens (tertiary/aromatic N) is 5. The highest BCUT2D eigenvalue weighted by atomic mass is 32.2. The Labute approximate surface area is 163 Å². The van der Waals surface area contributed by atoms with Crippen molar-refractivity contribution in [1.82, 2.24) is 24.9 Å². The van der Waals surface area contributed by atoms with Gasteiger partial charge in [0.05, 0.1) is 5.75 Å². The van der Waals surface area contributed by atoms with Crippen LogP contribution in [-0.4, -0.2) is 24.9 Å². The van der Waals surface area contributed by atoms with E-state index in [1.165, 1.54) is 18.4 Å². The molecule has 1 aliphatic rings. The van der Waals surface area contributed by atoms with Gasteiger partial charge < -0.3 is 9.09 Å². The van der Waals surface area contributed by atoms with Gasteiger partial charge in [-0.25, -0.2) is 0 Å². The third kappa shape index (κ3) is 3.98. The van der Waals surface area contributed by atoms with E-state index in [2.05, 4.69) is 57.5 Å². The molecule has 3 aromatic rings. The summed E-state index contributed by atoms with van der Waals surface area (Å²) in [6.07, 6.45) is 4.27. The van der Waals surface area contributed by atoms with Gasteiger partial charge in [-0.15, -0.1) is 16.8 Å². The van der Waals surface area contributed by atoms with Crippen molar-refractivity contribution in [2.75, 3.05) is 0 Å². The Balaban J connectivity index is 1.45. The molecule has 1 fully saturated rings. The third-order valence-corrected chi connectivity index (χ3v) is 5.58. The van der Waals surface area contributed by atoms with E-state index in [9.17, 15) is 0 Å². The minimum Gasteiger partial charge on any atom is -0.338 e. The summed E-state index contributed by atoms with van der Waals surface area (Å²) in [5, 5.41) is 13.7. The molecule has 27 heavy (non-hydrogen) atoms. The topological polar surface area (TPSA) is 69.6 Å². The third-order valence-electron chi connectivity index (χ3n) is 4.63. The van der Waals surface area contributed by atoms with E-state index >= 15 is 0 Å². The molecule has 0 unspecified atom stereocenters. The second-order valence-corrected chi connectivity index (χ2v) is 8.03. The molecular weight excluding hydrogens is 358 g/mol. The summed E-state index contributed by atoms with van der Waals surface area (Å²) in [4.78, 5) is 4.52. The van der Waals surface area contributed by atoms with Gasteiger partial charge in [0.2, 0.25) is 11.7 Å². The van der Waals surface area contributed by atoms with Crippen LogP contribution < -0.4 is 0 Å². The van der Waals surface area contributed by atoms with E-state index in [4.69, 9.17) is 4.52 Å². The second kappa shape index (κ2) is 7.68. The average Bonchev–Trinajstić information content (AvgIpc) is 3.27. The molecule has 0 aliphatic heterocycles. The van der Waals surface area contributed by atoms with Crippen molar-refractivity contribution in [1.29, 1.82) is 0 Å². The van der Waals surface area contributed by atoms with Crippen molar-refractivity contribution in [2.45, 2.75) is 56.0 Å². The Morgan fingerprint density at radius 3 is 2.70 bits per heavy atom. The Hall–Kier alpha value is -2.41. The molecule has 1 saturated carbocycles. The summed E-state index contributed by atoms with van der Waals surface area (Å²) in [6.45, 7) is 8.92. The number of hydrogen-bond acceptors (Lipinski definition) is 6. The quantitative estimate of drug-likeness (QED) is 0.412. The van der Waals surface area contributed by atoms with Gasteiger partial charge in [0.1, 0.15) is 5.82 Å². The van der Waals surface area contributed by atoms with E-state index in [-0.39, 0.29) is 0 Å². The fourth-order valence-electron chi connectivity index (χ4n) is 2.93. The largest absolute Gasteiger partial charge is 0.338 e. The summed E-state index contributed by atoms with van der Waals surface area (Å²) in [7, 11) is 0. The molecule has 0 amide bonds. The predicted octanol–water partition coefficient (Wildman–Crippen LogP) is 4.81. The normalized spacial score (nSPS) is 14.0. The van der Waals surface area contributed by atoms with Crippen LogP contribution in [0.15, 0.2) is 46.6 Å². The first kappa shape index (κ1) is 18.0. The van der Waals surface area contributed by atoms with Crippen molar-refractivity contribution in [3.63, 3.8) is 0 Å². The van der Waals surface area contributed by atoms with Gasteiger partial charge in [0.15, 0.2) is 5.16 Å². The zero-order valence-electron chi connectivity index (χ0n) is 15.6. The van der Waals surface area contributed by atoms with Crippen LogP contribution in [-0.2, 0) is 12.3 Å². The van der Waals surface area contributed by atoms with Gasteiger partial charge in [-0.2, -0.15) is 4.98 Å². The number of allylic oxidation sites excluding steroid dienone is 1. The number of thioether (sulfide) groups is 1. The first-order valence-corrected chi connectivity index (χ1v) is 10.2. The molecule has 0 N–H and O–H groups in total. The highest BCUT2D eigenvalue weighted by Gasteiger charge is 2.30. The molecular formula is C20H23N5OS. The molecule has 140 valence electrons. The summed E-state index contributed by atoms with van der Waals surface area (Å²) in [5.74, 6) is 3.89. The van der Waals surface area contributed by atoms with E-state index in [0.717, 1.165) is 23.1 Å². The smallest absolute Gasteiger partial charge is 0.237 e. The monoisotopic (exact) mass is 381 g/mol. The number of benzene rings is 1. The molecule has 4 rings (SSSR count). The number of hydrogen-bond donors (Lipinski definition) is 0. The SMILES string of the molecule is C=CCn1c(SCc2nc(-c3ccc(C(C)C)cc3)no2)nnc1C1CC1. The maximum Gasteiger partial charge on any atom is 0.237 e. The summed E-state index contributed by atoms with van der Waals surface area (Å²) < 4.78 is 7.56. The lowest BCUT2D eigenvalue weighted by atomic mass is 10.0. The summed E-state index contributed by atoms with van der Waals surface area (Å²) in [6, 6.07) is 8.31. The van der Waals surface area contributed by atoms with Gasteiger partial charge in [-0.3, -0.25) is 0 Å². The molecule has 0 saturated heterocycles. The molecule has 0 radical (unpaired) electrons. The average molecular weight is 382 g/mol. The number of aromatic nitrogens is 5. The van der Waals surface area contributed by atoms with Crippen molar-refractivity contribution >= 4 is 11.8 Å². The van der Waals surface area contributed by atoms with Gasteiger partial charge in [0.25, 0.3) is 0 Å². The molecule has 2 aromatic heterocycles. The van der Waals surface area contributed by atoms with E-state index < -0.39 is 0 Å². The first-order chi connectivity index (χ1) is 13.2. The standard InChI is InChI=1S/C20H23N5OS/c1-4-11-25-19(16-9-10-16)22-23-20(25)27-12-17-21-18(24-26-17)15-7-5-14(6-8-15)13(2)3/h4-8,13,16H,1,9-12H2,2-3H3. The molecule has 0 bridgehead atoms. The molecule has 2 heterocycles. The van der Waals surface area contributed by atoms with Crippen molar-refractivity contribution in [3.8, 4) is 11.4 Å². The molecule has 0 spiro atoms. The van der Waals surface area contributed by atoms with Crippen LogP contribution in [0.2, 0.25) is 0 Å². The van der Waals surface area contributed by atoms with Crippen LogP contribution >= 0.6 is 11.8 Å². The summed E-state index contributed by atoms with van der Waals surface area (Å²) in [5.41, 5.74) is 2.26. The van der Waals surface area contributed by atoms with Gasteiger partial charge >= 0.3 is 0 Å². The minimum absolute atomic E-state index is 0.504. The fraction of sp³-hybridized carbons (Fsp3) is 0.400. The Kier molecular flexibility index (Phi) is 5.11. The molecule has 1 aliphatic carbocycles. The second-order valence-electron chi connectivity index (χ2n) is 7.09. The lowest BCUT2D eigenvalue weighted by Crippen LogP contribution is -2.02. The lowest BCUT2D eigenvalue weighted by Gasteiger charge is -2.05. The highest BCUT2D eigenvalue weighted by Crippen LogP contribution is 2.40. The van der Waals surface area contributed by atoms with Gasteiger partial charge in [0, 0.05) is 18.0 Å². The van der Waals surface area contributed by atoms with Crippen LogP contribution in [0.4, 0.5) is 0 Å². The van der Waals surface area contributed by atoms with Crippen LogP contribution in [0.25, 0.3) is 11.4 Å². The molecule has 0 atom stereocenters. The maximum absolute atomic E-state index is 5.43. The Bertz CT molecular complexity index is 924. The molecule has 7 heteroatoms. The highest BCUT2D eigenvalue weighted by molar-refractivity contribution is 7.98. The van der Waals surface area contributed by atoms with Crippen LogP contribution in [0.1, 0.15) is 55.8 Å². The predicted molar refractivity (Wildman–Crippen MR) is 106 cm³/mol. The van der Waals surface area contributed by atoms with E-state index in [1.54, 1.807) is 11.8 Å². The van der Waals surface area contributed by atoms with Crippen molar-refractivity contribution < 1.29 is 4.52 Å². The molecule has 1 aromatic carbocycles. The van der Waals surface area contributed by atoms with Gasteiger partial charge in [-0.1, -0.05) is 61.1 Å². The van der Waals surface area contributed by atoms with E-state index in [0.29, 0.717) is 29.3 Å². The maximum atomic E-state index is 5.43. The fourth-order valence-corrected chi connectivity index (χ4v) is 3.72. The molecule has 6 nitrogen and oxygen atoms in total. The summed E-state index contributed by atoms with van der Waals surface area (Å²) >= 11 is 1.57. The van der Waals surface area contributed by atoms with Crippen LogP contribution in [0.3, 0.4) is 0 Å². The lowest BCUT2D eigenvalue weighted by molar-refractivity contribution is 0.391. The van der Waals surface area contributed by atoms with Crippen molar-refractivity contribution in [3.05, 3.63) is 54.2 Å². The zero-order valence-corrected chi connectivity index (χ0v) is 16.4. The van der Waals surface area contributed by atoms with Crippen LogP contribution in [0.5, 0.6) is 0 Å². The number of rotatable bonds is 8. The van der Waals surface area contributed by atoms with E-state index in [1.807, 2.05) is 18.2 Å². The Morgan fingerprint density at radius 2 is 2.04 bits per heavy atom. The van der Waals surface area contributed by atoms with Crippen molar-refractivity contribution in [2.24, 2.45) is 0 Å². The minimum atomic E-state index is 0.504.